The molecular weight excluding hydrogens is 264 g/mol. The zero-order chi connectivity index (χ0) is 14.2. The minimum absolute atomic E-state index is 0.135. The Morgan fingerprint density at radius 3 is 2.76 bits per heavy atom. The van der Waals surface area contributed by atoms with Gasteiger partial charge in [0.15, 0.2) is 5.65 Å². The molecule has 1 aromatic carbocycles. The maximum absolute atomic E-state index is 11.3. The Morgan fingerprint density at radius 1 is 1.14 bits per heavy atom. The molecule has 1 saturated heterocycles. The molecule has 3 heterocycles. The maximum atomic E-state index is 11.3. The second kappa shape index (κ2) is 4.70. The molecule has 1 fully saturated rings. The molecule has 21 heavy (non-hydrogen) atoms. The van der Waals surface area contributed by atoms with E-state index in [9.17, 15) is 4.79 Å². The Labute approximate surface area is 121 Å². The third-order valence-electron chi connectivity index (χ3n) is 3.91. The van der Waals surface area contributed by atoms with Gasteiger partial charge in [0.1, 0.15) is 0 Å². The van der Waals surface area contributed by atoms with Crippen molar-refractivity contribution in [2.45, 2.75) is 12.3 Å². The quantitative estimate of drug-likeness (QED) is 0.780. The molecule has 1 unspecified atom stereocenters. The molecule has 1 aliphatic rings. The van der Waals surface area contributed by atoms with Crippen LogP contribution in [0.4, 0.5) is 0 Å². The van der Waals surface area contributed by atoms with E-state index in [-0.39, 0.29) is 11.8 Å². The molecule has 5 heteroatoms. The van der Waals surface area contributed by atoms with Gasteiger partial charge in [0.2, 0.25) is 5.91 Å². The van der Waals surface area contributed by atoms with Crippen LogP contribution in [0.2, 0.25) is 0 Å². The molecule has 1 amide bonds. The number of imidazole rings is 1. The van der Waals surface area contributed by atoms with Crippen LogP contribution in [0.15, 0.2) is 48.8 Å². The van der Waals surface area contributed by atoms with Crippen LogP contribution >= 0.6 is 0 Å². The van der Waals surface area contributed by atoms with Gasteiger partial charge in [0.25, 0.3) is 0 Å². The fourth-order valence-electron chi connectivity index (χ4n) is 2.74. The van der Waals surface area contributed by atoms with Gasteiger partial charge in [-0.2, -0.15) is 5.10 Å². The Balaban J connectivity index is 1.64. The SMILES string of the molecule is O=C1CC(c2ccc(-c3ccc4nccn4n3)cc2)CN1. The highest BCUT2D eigenvalue weighted by Crippen LogP contribution is 2.25. The highest BCUT2D eigenvalue weighted by atomic mass is 16.1. The topological polar surface area (TPSA) is 59.3 Å². The van der Waals surface area contributed by atoms with Gasteiger partial charge in [-0.15, -0.1) is 0 Å². The number of hydrogen-bond acceptors (Lipinski definition) is 3. The number of fused-ring (bicyclic) bond motifs is 1. The van der Waals surface area contributed by atoms with Crippen LogP contribution in [0.1, 0.15) is 17.9 Å². The van der Waals surface area contributed by atoms with E-state index in [1.807, 2.05) is 18.3 Å². The molecule has 104 valence electrons. The van der Waals surface area contributed by atoms with Gasteiger partial charge in [-0.25, -0.2) is 9.50 Å². The highest BCUT2D eigenvalue weighted by Gasteiger charge is 2.22. The molecule has 0 aliphatic carbocycles. The van der Waals surface area contributed by atoms with E-state index < -0.39 is 0 Å². The summed E-state index contributed by atoms with van der Waals surface area (Å²) >= 11 is 0. The summed E-state index contributed by atoms with van der Waals surface area (Å²) in [6.45, 7) is 0.734. The van der Waals surface area contributed by atoms with Crippen molar-refractivity contribution in [2.75, 3.05) is 6.54 Å². The zero-order valence-electron chi connectivity index (χ0n) is 11.4. The second-order valence-corrected chi connectivity index (χ2v) is 5.28. The number of nitrogens with zero attached hydrogens (tertiary/aromatic N) is 3. The summed E-state index contributed by atoms with van der Waals surface area (Å²) in [6, 6.07) is 12.2. The van der Waals surface area contributed by atoms with E-state index in [0.717, 1.165) is 23.4 Å². The zero-order valence-corrected chi connectivity index (χ0v) is 11.4. The molecule has 1 aliphatic heterocycles. The Bertz CT molecular complexity index is 807. The lowest BCUT2D eigenvalue weighted by atomic mass is 9.96. The lowest BCUT2D eigenvalue weighted by Gasteiger charge is -2.08. The number of carbonyl (C=O) groups excluding carboxylic acids is 1. The molecule has 5 nitrogen and oxygen atoms in total. The first-order valence-electron chi connectivity index (χ1n) is 6.97. The Hall–Kier alpha value is -2.69. The summed E-state index contributed by atoms with van der Waals surface area (Å²) in [5.41, 5.74) is 4.01. The summed E-state index contributed by atoms with van der Waals surface area (Å²) in [7, 11) is 0. The van der Waals surface area contributed by atoms with Gasteiger partial charge in [-0.3, -0.25) is 4.79 Å². The van der Waals surface area contributed by atoms with E-state index in [4.69, 9.17) is 0 Å². The van der Waals surface area contributed by atoms with Crippen LogP contribution in [0.5, 0.6) is 0 Å². The number of aromatic nitrogens is 3. The highest BCUT2D eigenvalue weighted by molar-refractivity contribution is 5.79. The largest absolute Gasteiger partial charge is 0.355 e. The predicted molar refractivity (Wildman–Crippen MR) is 78.8 cm³/mol. The minimum Gasteiger partial charge on any atom is -0.355 e. The molecule has 4 rings (SSSR count). The van der Waals surface area contributed by atoms with Crippen molar-refractivity contribution in [1.29, 1.82) is 0 Å². The summed E-state index contributed by atoms with van der Waals surface area (Å²) in [6.07, 6.45) is 4.15. The number of hydrogen-bond donors (Lipinski definition) is 1. The predicted octanol–water partition coefficient (Wildman–Crippen LogP) is 2.00. The van der Waals surface area contributed by atoms with E-state index in [0.29, 0.717) is 6.42 Å². The molecule has 0 saturated carbocycles. The maximum Gasteiger partial charge on any atom is 0.220 e. The van der Waals surface area contributed by atoms with Gasteiger partial charge in [0.05, 0.1) is 5.69 Å². The standard InChI is InChI=1S/C16H14N4O/c21-16-9-13(10-18-16)11-1-3-12(4-2-11)14-5-6-15-17-7-8-20(15)19-14/h1-8,13H,9-10H2,(H,18,21). The smallest absolute Gasteiger partial charge is 0.220 e. The van der Waals surface area contributed by atoms with Crippen LogP contribution in [-0.4, -0.2) is 27.0 Å². The van der Waals surface area contributed by atoms with Crippen molar-refractivity contribution < 1.29 is 4.79 Å². The molecule has 0 bridgehead atoms. The van der Waals surface area contributed by atoms with Gasteiger partial charge < -0.3 is 5.32 Å². The molecule has 3 aromatic rings. The summed E-state index contributed by atoms with van der Waals surface area (Å²) in [4.78, 5) is 15.5. The number of nitrogens with one attached hydrogen (secondary N) is 1. The Morgan fingerprint density at radius 2 is 2.00 bits per heavy atom. The second-order valence-electron chi connectivity index (χ2n) is 5.28. The third kappa shape index (κ3) is 2.16. The van der Waals surface area contributed by atoms with E-state index in [2.05, 4.69) is 39.7 Å². The lowest BCUT2D eigenvalue weighted by molar-refractivity contribution is -0.119. The molecule has 2 aromatic heterocycles. The first kappa shape index (κ1) is 12.1. The summed E-state index contributed by atoms with van der Waals surface area (Å²) in [5.74, 6) is 0.423. The van der Waals surface area contributed by atoms with Crippen molar-refractivity contribution >= 4 is 11.6 Å². The Kier molecular flexibility index (Phi) is 2.70. The van der Waals surface area contributed by atoms with Gasteiger partial charge in [-0.1, -0.05) is 24.3 Å². The molecular formula is C16H14N4O. The first-order valence-corrected chi connectivity index (χ1v) is 6.97. The summed E-state index contributed by atoms with van der Waals surface area (Å²) < 4.78 is 1.77. The number of benzene rings is 1. The molecule has 1 atom stereocenters. The average molecular weight is 278 g/mol. The van der Waals surface area contributed by atoms with E-state index in [1.165, 1.54) is 5.56 Å². The average Bonchev–Trinajstić information content (AvgIpc) is 3.15. The first-order chi connectivity index (χ1) is 10.3. The van der Waals surface area contributed by atoms with Crippen molar-refractivity contribution in [2.24, 2.45) is 0 Å². The molecule has 0 spiro atoms. The molecule has 1 N–H and O–H groups in total. The van der Waals surface area contributed by atoms with Crippen LogP contribution in [0, 0.1) is 0 Å². The van der Waals surface area contributed by atoms with E-state index >= 15 is 0 Å². The van der Waals surface area contributed by atoms with Crippen LogP contribution in [0.25, 0.3) is 16.9 Å². The van der Waals surface area contributed by atoms with Gasteiger partial charge in [0, 0.05) is 36.8 Å². The van der Waals surface area contributed by atoms with Crippen LogP contribution in [0.3, 0.4) is 0 Å². The lowest BCUT2D eigenvalue weighted by Crippen LogP contribution is -2.13. The number of amides is 1. The normalized spacial score (nSPS) is 18.1. The number of carbonyl (C=O) groups is 1. The fraction of sp³-hybridized carbons (Fsp3) is 0.188. The van der Waals surface area contributed by atoms with Crippen molar-refractivity contribution in [1.82, 2.24) is 19.9 Å². The van der Waals surface area contributed by atoms with Crippen LogP contribution < -0.4 is 5.32 Å². The summed E-state index contributed by atoms with van der Waals surface area (Å²) in [5, 5.41) is 7.40. The van der Waals surface area contributed by atoms with Crippen molar-refractivity contribution in [3.8, 4) is 11.3 Å². The molecule has 0 radical (unpaired) electrons. The van der Waals surface area contributed by atoms with Crippen LogP contribution in [-0.2, 0) is 4.79 Å². The minimum atomic E-state index is 0.135. The van der Waals surface area contributed by atoms with Gasteiger partial charge >= 0.3 is 0 Å². The third-order valence-corrected chi connectivity index (χ3v) is 3.91. The number of rotatable bonds is 2. The van der Waals surface area contributed by atoms with Crippen molar-refractivity contribution in [3.63, 3.8) is 0 Å². The van der Waals surface area contributed by atoms with Gasteiger partial charge in [-0.05, 0) is 17.7 Å². The monoisotopic (exact) mass is 278 g/mol. The fourth-order valence-corrected chi connectivity index (χ4v) is 2.74. The van der Waals surface area contributed by atoms with Crippen molar-refractivity contribution in [3.05, 3.63) is 54.4 Å². The van der Waals surface area contributed by atoms with E-state index in [1.54, 1.807) is 10.7 Å².